The Balaban J connectivity index is 1.56. The van der Waals surface area contributed by atoms with Crippen molar-refractivity contribution in [2.45, 2.75) is 188 Å². The van der Waals surface area contributed by atoms with E-state index in [0.29, 0.717) is 44.5 Å². The van der Waals surface area contributed by atoms with Gasteiger partial charge in [0.05, 0.1) is 0 Å². The van der Waals surface area contributed by atoms with Gasteiger partial charge in [-0.2, -0.15) is 0 Å². The lowest BCUT2D eigenvalue weighted by atomic mass is 9.70. The number of benzene rings is 6. The lowest BCUT2D eigenvalue weighted by Crippen LogP contribution is -2.24. The van der Waals surface area contributed by atoms with Crippen LogP contribution in [0.2, 0.25) is 0 Å². The molecule has 0 amide bonds. The molecule has 0 aliphatic heterocycles. The first-order chi connectivity index (χ1) is 32.4. The quantitative estimate of drug-likeness (QED) is 0.0902. The van der Waals surface area contributed by atoms with Crippen LogP contribution in [-0.2, 0) is 63.6 Å². The van der Waals surface area contributed by atoms with Gasteiger partial charge >= 0.3 is 0 Å². The summed E-state index contributed by atoms with van der Waals surface area (Å²) in [5.41, 5.74) is 10.4. The molecule has 0 heterocycles. The van der Waals surface area contributed by atoms with E-state index in [4.69, 9.17) is 0 Å². The van der Waals surface area contributed by atoms with E-state index in [1.807, 2.05) is 0 Å². The Hall–Kier alpha value is -5.88. The molecular formula is C65H80O6. The van der Waals surface area contributed by atoms with Crippen molar-refractivity contribution in [3.05, 3.63) is 173 Å². The zero-order valence-electron chi connectivity index (χ0n) is 45.9. The maximum Gasteiger partial charge on any atom is 0.122 e. The van der Waals surface area contributed by atoms with Crippen LogP contribution < -0.4 is 0 Å². The van der Waals surface area contributed by atoms with E-state index in [1.165, 1.54) is 0 Å². The van der Waals surface area contributed by atoms with Gasteiger partial charge in [0.2, 0.25) is 0 Å². The van der Waals surface area contributed by atoms with Crippen LogP contribution in [0.1, 0.15) is 225 Å². The average Bonchev–Trinajstić information content (AvgIpc) is 3.23. The first-order valence-corrected chi connectivity index (χ1v) is 25.6. The number of hydrogen-bond donors (Lipinski definition) is 6. The average molecular weight is 957 g/mol. The van der Waals surface area contributed by atoms with Crippen LogP contribution in [0.25, 0.3) is 0 Å². The predicted octanol–water partition coefficient (Wildman–Crippen LogP) is 15.1. The number of rotatable bonds is 0. The van der Waals surface area contributed by atoms with Gasteiger partial charge in [-0.1, -0.05) is 197 Å². The Morgan fingerprint density at radius 1 is 0.254 bits per heavy atom. The van der Waals surface area contributed by atoms with Crippen molar-refractivity contribution in [1.29, 1.82) is 0 Å². The normalized spacial score (nSPS) is 16.5. The van der Waals surface area contributed by atoms with Gasteiger partial charge in [0.25, 0.3) is 0 Å². The summed E-state index contributed by atoms with van der Waals surface area (Å²) in [6.45, 7) is 38.3. The predicted molar refractivity (Wildman–Crippen MR) is 291 cm³/mol. The highest BCUT2D eigenvalue weighted by Crippen LogP contribution is 2.50. The first-order valence-electron chi connectivity index (χ1n) is 25.6. The minimum Gasteiger partial charge on any atom is -0.507 e. The Bertz CT molecular complexity index is 2740. The van der Waals surface area contributed by atoms with Crippen molar-refractivity contribution in [3.63, 3.8) is 0 Å². The number of fused-ring (bicyclic) bond motifs is 12. The van der Waals surface area contributed by atoms with E-state index in [1.54, 1.807) is 0 Å². The number of hydrogen-bond acceptors (Lipinski definition) is 6. The molecule has 8 rings (SSSR count). The molecule has 0 saturated carbocycles. The third-order valence-corrected chi connectivity index (χ3v) is 16.4. The number of phenolic OH excluding ortho intramolecular Hbond substituents is 6. The zero-order chi connectivity index (χ0) is 52.7. The van der Waals surface area contributed by atoms with Crippen LogP contribution in [0, 0.1) is 0 Å². The fraction of sp³-hybridized carbons (Fsp3) is 0.446. The summed E-state index contributed by atoms with van der Waals surface area (Å²) in [6, 6.07) is 25.0. The highest BCUT2D eigenvalue weighted by atomic mass is 16.3. The molecule has 2 aliphatic rings. The summed E-state index contributed by atoms with van der Waals surface area (Å²) in [6.07, 6.45) is 0.881. The zero-order valence-corrected chi connectivity index (χ0v) is 45.9. The first kappa shape index (κ1) is 51.5. The molecule has 6 N–H and O–H groups in total. The summed E-state index contributed by atoms with van der Waals surface area (Å²) >= 11 is 0. The topological polar surface area (TPSA) is 121 Å². The number of phenols is 6. The van der Waals surface area contributed by atoms with E-state index in [9.17, 15) is 30.6 Å². The minimum atomic E-state index is -0.756. The van der Waals surface area contributed by atoms with Crippen molar-refractivity contribution in [3.8, 4) is 34.5 Å². The highest BCUT2D eigenvalue weighted by molar-refractivity contribution is 5.63. The van der Waals surface area contributed by atoms with E-state index in [0.717, 1.165) is 55.6 Å². The Morgan fingerprint density at radius 3 is 0.549 bits per heavy atom. The van der Waals surface area contributed by atoms with Crippen LogP contribution in [0.15, 0.2) is 72.8 Å². The van der Waals surface area contributed by atoms with Crippen molar-refractivity contribution in [1.82, 2.24) is 0 Å². The molecule has 0 spiro atoms. The van der Waals surface area contributed by atoms with Crippen molar-refractivity contribution < 1.29 is 30.6 Å². The maximum absolute atomic E-state index is 12.8. The largest absolute Gasteiger partial charge is 0.507 e. The fourth-order valence-electron chi connectivity index (χ4n) is 11.1. The van der Waals surface area contributed by atoms with Crippen LogP contribution in [0.3, 0.4) is 0 Å². The van der Waals surface area contributed by atoms with Crippen LogP contribution in [0.5, 0.6) is 34.5 Å². The summed E-state index contributed by atoms with van der Waals surface area (Å²) < 4.78 is 0. The van der Waals surface area contributed by atoms with Gasteiger partial charge in [-0.15, -0.1) is 0 Å². The molecule has 0 radical (unpaired) electrons. The molecule has 6 aromatic rings. The lowest BCUT2D eigenvalue weighted by molar-refractivity contribution is 0.437. The molecule has 6 aromatic carbocycles. The molecular weight excluding hydrogens is 877 g/mol. The second-order valence-electron chi connectivity index (χ2n) is 27.0. The van der Waals surface area contributed by atoms with Gasteiger partial charge < -0.3 is 30.6 Å². The van der Waals surface area contributed by atoms with Crippen LogP contribution >= 0.6 is 0 Å². The van der Waals surface area contributed by atoms with Gasteiger partial charge in [-0.05, 0) is 122 Å². The smallest absolute Gasteiger partial charge is 0.122 e. The van der Waals surface area contributed by atoms with Gasteiger partial charge in [0.15, 0.2) is 0 Å². The van der Waals surface area contributed by atoms with Crippen molar-refractivity contribution >= 4 is 0 Å². The third-order valence-electron chi connectivity index (χ3n) is 16.4. The molecule has 6 heteroatoms. The summed E-state index contributed by atoms with van der Waals surface area (Å²) in [7, 11) is 0. The summed E-state index contributed by atoms with van der Waals surface area (Å²) in [4.78, 5) is 0. The molecule has 376 valence electrons. The van der Waals surface area contributed by atoms with Crippen molar-refractivity contribution in [2.75, 3.05) is 0 Å². The van der Waals surface area contributed by atoms with Crippen LogP contribution in [0.4, 0.5) is 0 Å². The summed E-state index contributed by atoms with van der Waals surface area (Å²) in [5, 5.41) is 75.2. The lowest BCUT2D eigenvalue weighted by Gasteiger charge is -2.34. The Kier molecular flexibility index (Phi) is 12.0. The summed E-state index contributed by atoms with van der Waals surface area (Å²) in [5.74, 6) is 0.982. The molecule has 0 atom stereocenters. The second-order valence-corrected chi connectivity index (χ2v) is 27.0. The van der Waals surface area contributed by atoms with Crippen molar-refractivity contribution in [2.24, 2.45) is 0 Å². The molecule has 0 aromatic heterocycles. The molecule has 0 saturated heterocycles. The standard InChI is InChI=1S/C65H80O6/c1-59(2,3)49-31-45-27-39(55(49)68)19-35-23-43-24-36(53(35)66)20-41-29-47(33-51(57(41)70)61(7,8)9)65(17,18)48-30-42(58(71)52(34-48)62(10,11)12)22-38-26-44(63(43,13)14)25-37(54(38)67)21-40-28-46(64(45,15)16)32-50(56(40)69)60(4,5)6/h23-34,66-71H,19-22H2,1-18H3. The molecule has 6 nitrogen and oxygen atoms in total. The molecule has 2 aliphatic carbocycles. The van der Waals surface area contributed by atoms with Gasteiger partial charge in [0, 0.05) is 41.9 Å². The van der Waals surface area contributed by atoms with E-state index >= 15 is 0 Å². The number of aromatic hydroxyl groups is 6. The van der Waals surface area contributed by atoms with Gasteiger partial charge in [0.1, 0.15) is 34.5 Å². The molecule has 71 heavy (non-hydrogen) atoms. The molecule has 14 bridgehead atoms. The van der Waals surface area contributed by atoms with E-state index in [-0.39, 0.29) is 60.2 Å². The third kappa shape index (κ3) is 8.97. The Morgan fingerprint density at radius 2 is 0.394 bits per heavy atom. The van der Waals surface area contributed by atoms with E-state index in [2.05, 4.69) is 197 Å². The van der Waals surface area contributed by atoms with Gasteiger partial charge in [-0.25, -0.2) is 0 Å². The highest BCUT2D eigenvalue weighted by Gasteiger charge is 2.37. The monoisotopic (exact) mass is 957 g/mol. The van der Waals surface area contributed by atoms with Crippen LogP contribution in [-0.4, -0.2) is 30.6 Å². The maximum atomic E-state index is 12.8. The second kappa shape index (κ2) is 16.6. The Labute approximate surface area is 424 Å². The van der Waals surface area contributed by atoms with E-state index < -0.39 is 37.9 Å². The minimum absolute atomic E-state index is 0.109. The SMILES string of the molecule is CC(C)(C)c1cc2cc(c1O)Cc1cc3cc(c1O)Cc1cc(cc(C(C)(C)C)c1O)C(C)(C)c1cc(c(O)c(C(C)(C)C)c1)Cc1cc(cc(c1O)Cc1cc(cc(C(C)(C)C)c1O)C2(C)C)C3(C)C. The van der Waals surface area contributed by atoms with Gasteiger partial charge in [-0.3, -0.25) is 0 Å². The fourth-order valence-corrected chi connectivity index (χ4v) is 11.1. The molecule has 0 unspecified atom stereocenters. The molecule has 0 fully saturated rings.